The van der Waals surface area contributed by atoms with E-state index in [9.17, 15) is 0 Å². The van der Waals surface area contributed by atoms with Crippen LogP contribution in [0, 0.1) is 0 Å². The van der Waals surface area contributed by atoms with Crippen LogP contribution >= 0.6 is 0 Å². The summed E-state index contributed by atoms with van der Waals surface area (Å²) >= 11 is 0. The van der Waals surface area contributed by atoms with Gasteiger partial charge in [-0.15, -0.1) is 0 Å². The van der Waals surface area contributed by atoms with E-state index < -0.39 is 0 Å². The van der Waals surface area contributed by atoms with Crippen molar-refractivity contribution in [3.05, 3.63) is 78.9 Å². The monoisotopic (exact) mass is 520 g/mol. The zero-order valence-corrected chi connectivity index (χ0v) is 23.6. The molecule has 39 heavy (non-hydrogen) atoms. The molecule has 0 bridgehead atoms. The Morgan fingerprint density at radius 3 is 1.38 bits per heavy atom. The second-order valence-corrected chi connectivity index (χ2v) is 10.2. The summed E-state index contributed by atoms with van der Waals surface area (Å²) < 4.78 is 19.6. The smallest absolute Gasteiger partial charge is 0.135 e. The fourth-order valence-electron chi connectivity index (χ4n) is 5.27. The lowest BCUT2D eigenvalue weighted by atomic mass is 9.89. The second kappa shape index (κ2) is 12.9. The van der Waals surface area contributed by atoms with Gasteiger partial charge in [-0.2, -0.15) is 0 Å². The van der Waals surface area contributed by atoms with Crippen molar-refractivity contribution in [1.29, 1.82) is 0 Å². The maximum absolute atomic E-state index is 6.65. The molecule has 5 aromatic carbocycles. The molecular formula is C36H40O3. The quantitative estimate of drug-likeness (QED) is 0.114. The first kappa shape index (κ1) is 26.9. The molecule has 0 N–H and O–H groups in total. The second-order valence-electron chi connectivity index (χ2n) is 10.2. The van der Waals surface area contributed by atoms with Gasteiger partial charge in [0.25, 0.3) is 0 Å². The van der Waals surface area contributed by atoms with Crippen LogP contribution in [0.3, 0.4) is 0 Å². The number of ether oxygens (including phenoxy) is 3. The normalized spacial score (nSPS) is 11.4. The van der Waals surface area contributed by atoms with Crippen LogP contribution < -0.4 is 14.2 Å². The maximum atomic E-state index is 6.65. The van der Waals surface area contributed by atoms with Gasteiger partial charge in [0.1, 0.15) is 17.2 Å². The van der Waals surface area contributed by atoms with Gasteiger partial charge in [0.15, 0.2) is 0 Å². The number of hydrogen-bond acceptors (Lipinski definition) is 3. The summed E-state index contributed by atoms with van der Waals surface area (Å²) in [7, 11) is 0. The molecule has 0 amide bonds. The molecule has 5 rings (SSSR count). The van der Waals surface area contributed by atoms with Gasteiger partial charge < -0.3 is 14.2 Å². The molecule has 0 aromatic heterocycles. The minimum Gasteiger partial charge on any atom is -0.493 e. The summed E-state index contributed by atoms with van der Waals surface area (Å²) in [5, 5.41) is 6.77. The standard InChI is InChI=1S/C36H40O3/c1-4-7-22-37-33-25-32(36(39-24-9-6-3)29-19-13-10-16-26(29)33)34-27-17-11-14-20-30(27)35(38-23-8-5-2)31-21-15-12-18-28(31)34/h10-21,25H,4-9,22-24H2,1-3H3. The van der Waals surface area contributed by atoms with Crippen molar-refractivity contribution in [2.24, 2.45) is 0 Å². The van der Waals surface area contributed by atoms with Gasteiger partial charge in [-0.05, 0) is 36.1 Å². The van der Waals surface area contributed by atoms with Crippen molar-refractivity contribution in [1.82, 2.24) is 0 Å². The molecule has 5 aromatic rings. The zero-order chi connectivity index (χ0) is 27.0. The predicted octanol–water partition coefficient (Wildman–Crippen LogP) is 10.3. The first-order valence-corrected chi connectivity index (χ1v) is 14.7. The Balaban J connectivity index is 1.83. The third-order valence-corrected chi connectivity index (χ3v) is 7.35. The Kier molecular flexibility index (Phi) is 8.88. The molecule has 202 valence electrons. The van der Waals surface area contributed by atoms with E-state index in [0.29, 0.717) is 19.8 Å². The van der Waals surface area contributed by atoms with E-state index in [2.05, 4.69) is 99.6 Å². The zero-order valence-electron chi connectivity index (χ0n) is 23.6. The van der Waals surface area contributed by atoms with E-state index in [4.69, 9.17) is 14.2 Å². The van der Waals surface area contributed by atoms with Crippen LogP contribution in [0.4, 0.5) is 0 Å². The van der Waals surface area contributed by atoms with Gasteiger partial charge in [0.2, 0.25) is 0 Å². The summed E-state index contributed by atoms with van der Waals surface area (Å²) in [5.74, 6) is 2.80. The SMILES string of the molecule is CCCCOc1cc(-c2c3ccccc3c(OCCCC)c3ccccc23)c(OCCCC)c2ccccc12. The average Bonchev–Trinajstić information content (AvgIpc) is 2.98. The summed E-state index contributed by atoms with van der Waals surface area (Å²) in [5.41, 5.74) is 2.24. The molecule has 0 heterocycles. The summed E-state index contributed by atoms with van der Waals surface area (Å²) in [6.07, 6.45) is 6.34. The number of unbranched alkanes of at least 4 members (excludes halogenated alkanes) is 3. The molecule has 0 aliphatic carbocycles. The van der Waals surface area contributed by atoms with Crippen molar-refractivity contribution in [2.45, 2.75) is 59.3 Å². The van der Waals surface area contributed by atoms with E-state index in [-0.39, 0.29) is 0 Å². The number of rotatable bonds is 13. The highest BCUT2D eigenvalue weighted by Gasteiger charge is 2.22. The Hall–Kier alpha value is -3.72. The predicted molar refractivity (Wildman–Crippen MR) is 166 cm³/mol. The van der Waals surface area contributed by atoms with Gasteiger partial charge >= 0.3 is 0 Å². The summed E-state index contributed by atoms with van der Waals surface area (Å²) in [4.78, 5) is 0. The third-order valence-electron chi connectivity index (χ3n) is 7.35. The molecule has 0 spiro atoms. The minimum atomic E-state index is 0.678. The van der Waals surface area contributed by atoms with Crippen molar-refractivity contribution in [3.63, 3.8) is 0 Å². The molecule has 0 aliphatic heterocycles. The topological polar surface area (TPSA) is 27.7 Å². The van der Waals surface area contributed by atoms with Crippen LogP contribution in [0.5, 0.6) is 17.2 Å². The van der Waals surface area contributed by atoms with Crippen molar-refractivity contribution < 1.29 is 14.2 Å². The van der Waals surface area contributed by atoms with E-state index in [1.807, 2.05) is 0 Å². The van der Waals surface area contributed by atoms with Crippen LogP contribution in [-0.4, -0.2) is 19.8 Å². The molecule has 0 unspecified atom stereocenters. The largest absolute Gasteiger partial charge is 0.493 e. The molecule has 3 heteroatoms. The van der Waals surface area contributed by atoms with Crippen LogP contribution in [0.2, 0.25) is 0 Å². The fraction of sp³-hybridized carbons (Fsp3) is 0.333. The van der Waals surface area contributed by atoms with Crippen molar-refractivity contribution >= 4 is 32.3 Å². The highest BCUT2D eigenvalue weighted by atomic mass is 16.5. The van der Waals surface area contributed by atoms with E-state index in [1.54, 1.807) is 0 Å². The summed E-state index contributed by atoms with van der Waals surface area (Å²) in [6, 6.07) is 27.9. The van der Waals surface area contributed by atoms with Crippen LogP contribution in [0.1, 0.15) is 59.3 Å². The van der Waals surface area contributed by atoms with Crippen LogP contribution in [0.15, 0.2) is 78.9 Å². The lowest BCUT2D eigenvalue weighted by molar-refractivity contribution is 0.307. The fourth-order valence-corrected chi connectivity index (χ4v) is 5.27. The highest BCUT2D eigenvalue weighted by Crippen LogP contribution is 2.49. The molecule has 3 nitrogen and oxygen atoms in total. The average molecular weight is 521 g/mol. The van der Waals surface area contributed by atoms with Gasteiger partial charge in [0.05, 0.1) is 19.8 Å². The van der Waals surface area contributed by atoms with Crippen molar-refractivity contribution in [2.75, 3.05) is 19.8 Å². The Bertz CT molecular complexity index is 1500. The molecule has 0 saturated heterocycles. The van der Waals surface area contributed by atoms with Crippen LogP contribution in [-0.2, 0) is 0 Å². The Labute approximate surface area is 232 Å². The highest BCUT2D eigenvalue weighted by molar-refractivity contribution is 6.19. The molecule has 0 saturated carbocycles. The first-order valence-electron chi connectivity index (χ1n) is 14.7. The van der Waals surface area contributed by atoms with Crippen LogP contribution in [0.25, 0.3) is 43.4 Å². The number of hydrogen-bond donors (Lipinski definition) is 0. The molecule has 0 aliphatic rings. The Morgan fingerprint density at radius 2 is 0.872 bits per heavy atom. The summed E-state index contributed by atoms with van der Waals surface area (Å²) in [6.45, 7) is 8.67. The van der Waals surface area contributed by atoms with E-state index in [0.717, 1.165) is 93.7 Å². The molecular weight excluding hydrogens is 480 g/mol. The molecule has 0 atom stereocenters. The first-order chi connectivity index (χ1) is 19.3. The van der Waals surface area contributed by atoms with Crippen molar-refractivity contribution in [3.8, 4) is 28.4 Å². The lowest BCUT2D eigenvalue weighted by Crippen LogP contribution is -2.03. The van der Waals surface area contributed by atoms with E-state index >= 15 is 0 Å². The number of benzene rings is 5. The van der Waals surface area contributed by atoms with Gasteiger partial charge in [-0.1, -0.05) is 113 Å². The van der Waals surface area contributed by atoms with E-state index in [1.165, 1.54) is 5.56 Å². The molecule has 0 fully saturated rings. The minimum absolute atomic E-state index is 0.678. The van der Waals surface area contributed by atoms with Gasteiger partial charge in [-0.25, -0.2) is 0 Å². The molecule has 0 radical (unpaired) electrons. The van der Waals surface area contributed by atoms with Gasteiger partial charge in [-0.3, -0.25) is 0 Å². The van der Waals surface area contributed by atoms with Gasteiger partial charge in [0, 0.05) is 32.7 Å². The maximum Gasteiger partial charge on any atom is 0.135 e. The lowest BCUT2D eigenvalue weighted by Gasteiger charge is -2.22. The Morgan fingerprint density at radius 1 is 0.462 bits per heavy atom. The number of fused-ring (bicyclic) bond motifs is 3. The third kappa shape index (κ3) is 5.54.